The lowest BCUT2D eigenvalue weighted by atomic mass is 10.4. The maximum atomic E-state index is 10.8. The van der Waals surface area contributed by atoms with Crippen molar-refractivity contribution in [2.75, 3.05) is 13.2 Å². The van der Waals surface area contributed by atoms with Crippen LogP contribution in [-0.2, 0) is 9.53 Å². The third kappa shape index (κ3) is 7.29. The van der Waals surface area contributed by atoms with Crippen LogP contribution in [0, 0.1) is 0 Å². The lowest BCUT2D eigenvalue weighted by Crippen LogP contribution is -2.43. The summed E-state index contributed by atoms with van der Waals surface area (Å²) in [5.41, 5.74) is 5.28. The van der Waals surface area contributed by atoms with Crippen molar-refractivity contribution in [1.82, 2.24) is 10.9 Å². The molecule has 0 aromatic heterocycles. The van der Waals surface area contributed by atoms with E-state index in [1.165, 1.54) is 0 Å². The average molecular weight is 160 g/mol. The molecule has 0 spiro atoms. The zero-order valence-corrected chi connectivity index (χ0v) is 7.31. The summed E-state index contributed by atoms with van der Waals surface area (Å²) in [5, 5.41) is 0. The number of hydrogen-bond donors (Lipinski definition) is 2. The van der Waals surface area contributed by atoms with E-state index in [-0.39, 0.29) is 18.6 Å². The highest BCUT2D eigenvalue weighted by Gasteiger charge is 1.99. The van der Waals surface area contributed by atoms with E-state index < -0.39 is 0 Å². The van der Waals surface area contributed by atoms with Gasteiger partial charge >= 0.3 is 0 Å². The van der Waals surface area contributed by atoms with Crippen LogP contribution in [-0.4, -0.2) is 25.2 Å². The van der Waals surface area contributed by atoms with Gasteiger partial charge in [0.15, 0.2) is 0 Å². The van der Waals surface area contributed by atoms with Gasteiger partial charge in [-0.2, -0.15) is 0 Å². The van der Waals surface area contributed by atoms with E-state index in [2.05, 4.69) is 10.9 Å². The molecule has 0 fully saturated rings. The van der Waals surface area contributed by atoms with Crippen LogP contribution in [0.3, 0.4) is 0 Å². The molecule has 1 amide bonds. The van der Waals surface area contributed by atoms with Crippen molar-refractivity contribution in [2.45, 2.75) is 26.8 Å². The Morgan fingerprint density at radius 3 is 2.64 bits per heavy atom. The molecule has 66 valence electrons. The summed E-state index contributed by atoms with van der Waals surface area (Å²) in [6.45, 7) is 6.43. The van der Waals surface area contributed by atoms with Crippen LogP contribution in [0.5, 0.6) is 0 Å². The van der Waals surface area contributed by atoms with E-state index in [1.54, 1.807) is 0 Å². The van der Waals surface area contributed by atoms with Crippen molar-refractivity contribution in [3.63, 3.8) is 0 Å². The summed E-state index contributed by atoms with van der Waals surface area (Å²) < 4.78 is 4.88. The molecule has 0 saturated carbocycles. The molecule has 2 N–H and O–H groups in total. The van der Waals surface area contributed by atoms with E-state index in [9.17, 15) is 4.79 Å². The van der Waals surface area contributed by atoms with E-state index >= 15 is 0 Å². The van der Waals surface area contributed by atoms with Crippen LogP contribution < -0.4 is 10.9 Å². The topological polar surface area (TPSA) is 50.4 Å². The molecular weight excluding hydrogens is 144 g/mol. The second kappa shape index (κ2) is 6.12. The fourth-order valence-corrected chi connectivity index (χ4v) is 0.456. The highest BCUT2D eigenvalue weighted by molar-refractivity contribution is 5.76. The minimum Gasteiger partial charge on any atom is -0.372 e. The molecule has 0 heterocycles. The summed E-state index contributed by atoms with van der Waals surface area (Å²) in [4.78, 5) is 10.8. The fraction of sp³-hybridized carbons (Fsp3) is 0.857. The average Bonchev–Trinajstić information content (AvgIpc) is 1.97. The van der Waals surface area contributed by atoms with Crippen molar-refractivity contribution in [3.05, 3.63) is 0 Å². The molecule has 11 heavy (non-hydrogen) atoms. The summed E-state index contributed by atoms with van der Waals surface area (Å²) in [7, 11) is 0. The quantitative estimate of drug-likeness (QED) is 0.559. The van der Waals surface area contributed by atoms with Crippen molar-refractivity contribution >= 4 is 5.91 Å². The first-order valence-corrected chi connectivity index (χ1v) is 3.79. The Kier molecular flexibility index (Phi) is 5.78. The van der Waals surface area contributed by atoms with E-state index in [0.29, 0.717) is 6.61 Å². The Balaban J connectivity index is 3.23. The Hall–Kier alpha value is -0.610. The lowest BCUT2D eigenvalue weighted by molar-refractivity contribution is -0.126. The molecule has 0 aliphatic heterocycles. The SMILES string of the molecule is CCOCC(=O)NNC(C)C. The van der Waals surface area contributed by atoms with Gasteiger partial charge in [-0.1, -0.05) is 0 Å². The van der Waals surface area contributed by atoms with E-state index in [0.717, 1.165) is 0 Å². The monoisotopic (exact) mass is 160 g/mol. The second-order valence-corrected chi connectivity index (χ2v) is 2.48. The molecule has 0 atom stereocenters. The number of carbonyl (C=O) groups excluding carboxylic acids is 1. The van der Waals surface area contributed by atoms with Crippen molar-refractivity contribution in [1.29, 1.82) is 0 Å². The third-order valence-corrected chi connectivity index (χ3v) is 0.938. The molecular formula is C7H16N2O2. The number of amides is 1. The Morgan fingerprint density at radius 1 is 1.55 bits per heavy atom. The molecule has 0 unspecified atom stereocenters. The maximum absolute atomic E-state index is 10.8. The van der Waals surface area contributed by atoms with Gasteiger partial charge in [0.2, 0.25) is 0 Å². The van der Waals surface area contributed by atoms with Gasteiger partial charge in [0.25, 0.3) is 5.91 Å². The lowest BCUT2D eigenvalue weighted by Gasteiger charge is -2.09. The predicted molar refractivity (Wildman–Crippen MR) is 42.9 cm³/mol. The first kappa shape index (κ1) is 10.4. The smallest absolute Gasteiger partial charge is 0.260 e. The largest absolute Gasteiger partial charge is 0.372 e. The number of rotatable bonds is 5. The van der Waals surface area contributed by atoms with Crippen LogP contribution in [0.4, 0.5) is 0 Å². The summed E-state index contributed by atoms with van der Waals surface area (Å²) >= 11 is 0. The molecule has 0 rings (SSSR count). The summed E-state index contributed by atoms with van der Waals surface area (Å²) in [5.74, 6) is -0.138. The third-order valence-electron chi connectivity index (χ3n) is 0.938. The van der Waals surface area contributed by atoms with Crippen LogP contribution >= 0.6 is 0 Å². The number of hydrogen-bond acceptors (Lipinski definition) is 3. The normalized spacial score (nSPS) is 10.2. The Morgan fingerprint density at radius 2 is 2.18 bits per heavy atom. The van der Waals surface area contributed by atoms with Gasteiger partial charge in [-0.25, -0.2) is 5.43 Å². The molecule has 0 aromatic carbocycles. The number of nitrogens with one attached hydrogen (secondary N) is 2. The summed E-state index contributed by atoms with van der Waals surface area (Å²) in [6, 6.07) is 0.251. The van der Waals surface area contributed by atoms with Gasteiger partial charge in [-0.3, -0.25) is 10.2 Å². The first-order valence-electron chi connectivity index (χ1n) is 3.79. The molecule has 4 nitrogen and oxygen atoms in total. The number of carbonyl (C=O) groups is 1. The van der Waals surface area contributed by atoms with Gasteiger partial charge in [-0.05, 0) is 20.8 Å². The molecule has 0 aliphatic rings. The minimum absolute atomic E-state index is 0.121. The van der Waals surface area contributed by atoms with Gasteiger partial charge in [0.1, 0.15) is 6.61 Å². The Labute approximate surface area is 67.3 Å². The van der Waals surface area contributed by atoms with Crippen LogP contribution in [0.15, 0.2) is 0 Å². The van der Waals surface area contributed by atoms with E-state index in [4.69, 9.17) is 4.74 Å². The van der Waals surface area contributed by atoms with Crippen LogP contribution in [0.1, 0.15) is 20.8 Å². The molecule has 0 aromatic rings. The van der Waals surface area contributed by atoms with Crippen LogP contribution in [0.2, 0.25) is 0 Å². The highest BCUT2D eigenvalue weighted by atomic mass is 16.5. The van der Waals surface area contributed by atoms with Crippen molar-refractivity contribution in [3.8, 4) is 0 Å². The maximum Gasteiger partial charge on any atom is 0.260 e. The number of ether oxygens (including phenoxy) is 1. The van der Waals surface area contributed by atoms with Gasteiger partial charge in [0.05, 0.1) is 0 Å². The highest BCUT2D eigenvalue weighted by Crippen LogP contribution is 1.74. The molecule has 0 bridgehead atoms. The Bertz CT molecular complexity index is 115. The minimum atomic E-state index is -0.138. The molecule has 0 saturated heterocycles. The van der Waals surface area contributed by atoms with Crippen LogP contribution in [0.25, 0.3) is 0 Å². The van der Waals surface area contributed by atoms with Gasteiger partial charge < -0.3 is 4.74 Å². The number of hydrazine groups is 1. The molecule has 4 heteroatoms. The standard InChI is InChI=1S/C7H16N2O2/c1-4-11-5-7(10)9-8-6(2)3/h6,8H,4-5H2,1-3H3,(H,9,10). The zero-order valence-electron chi connectivity index (χ0n) is 7.31. The predicted octanol–water partition coefficient (Wildman–Crippen LogP) is 0.0521. The molecule has 0 radical (unpaired) electrons. The fourth-order valence-electron chi connectivity index (χ4n) is 0.456. The zero-order chi connectivity index (χ0) is 8.69. The van der Waals surface area contributed by atoms with Crippen molar-refractivity contribution in [2.24, 2.45) is 0 Å². The van der Waals surface area contributed by atoms with Gasteiger partial charge in [0, 0.05) is 12.6 Å². The summed E-state index contributed by atoms with van der Waals surface area (Å²) in [6.07, 6.45) is 0. The first-order chi connectivity index (χ1) is 5.16. The molecule has 0 aliphatic carbocycles. The van der Waals surface area contributed by atoms with Gasteiger partial charge in [-0.15, -0.1) is 0 Å². The second-order valence-electron chi connectivity index (χ2n) is 2.48. The van der Waals surface area contributed by atoms with E-state index in [1.807, 2.05) is 20.8 Å². The van der Waals surface area contributed by atoms with Crippen molar-refractivity contribution < 1.29 is 9.53 Å².